The molecule has 0 bridgehead atoms. The number of carbonyl (C=O) groups excluding carboxylic acids is 1. The van der Waals surface area contributed by atoms with Gasteiger partial charge in [0.15, 0.2) is 35.7 Å². The first-order valence-corrected chi connectivity index (χ1v) is 13.6. The van der Waals surface area contributed by atoms with Crippen molar-refractivity contribution in [3.63, 3.8) is 0 Å². The van der Waals surface area contributed by atoms with E-state index in [9.17, 15) is 4.79 Å². The van der Waals surface area contributed by atoms with Gasteiger partial charge in [-0.1, -0.05) is 0 Å². The number of nitrogens with zero attached hydrogens (tertiary/aromatic N) is 2. The molecular weight excluding hydrogens is 484 g/mol. The monoisotopic (exact) mass is 519 g/mol. The molecule has 0 unspecified atom stereocenters. The van der Waals surface area contributed by atoms with Gasteiger partial charge in [0, 0.05) is 19.0 Å². The van der Waals surface area contributed by atoms with Crippen LogP contribution in [0.3, 0.4) is 0 Å². The van der Waals surface area contributed by atoms with Crippen molar-refractivity contribution in [1.29, 1.82) is 0 Å². The highest BCUT2D eigenvalue weighted by atomic mass is 16.7. The summed E-state index contributed by atoms with van der Waals surface area (Å²) in [6.45, 7) is 6.87. The Labute approximate surface area is 223 Å². The molecule has 0 N–H and O–H groups in total. The molecule has 1 saturated heterocycles. The lowest BCUT2D eigenvalue weighted by atomic mass is 9.95. The summed E-state index contributed by atoms with van der Waals surface area (Å²) in [6, 6.07) is 10.5. The minimum atomic E-state index is -0.0478. The maximum atomic E-state index is 12.0. The normalized spacial score (nSPS) is 16.7. The molecule has 8 nitrogen and oxygen atoms in total. The third-order valence-electron chi connectivity index (χ3n) is 7.87. The summed E-state index contributed by atoms with van der Waals surface area (Å²) in [4.78, 5) is 14.4. The van der Waals surface area contributed by atoms with Crippen LogP contribution in [0.1, 0.15) is 31.7 Å². The molecule has 38 heavy (non-hydrogen) atoms. The Hall–Kier alpha value is -3.52. The van der Waals surface area contributed by atoms with Crippen molar-refractivity contribution >= 4 is 16.7 Å². The number of aromatic nitrogens is 1. The second-order valence-corrected chi connectivity index (χ2v) is 10.1. The summed E-state index contributed by atoms with van der Waals surface area (Å²) in [5, 5.41) is 2.16. The first-order valence-electron chi connectivity index (χ1n) is 13.6. The lowest BCUT2D eigenvalue weighted by Gasteiger charge is -2.30. The Morgan fingerprint density at radius 3 is 2.74 bits per heavy atom. The summed E-state index contributed by atoms with van der Waals surface area (Å²) >= 11 is 0. The number of carbonyl (C=O) groups is 1. The number of hydrogen-bond acceptors (Lipinski definition) is 7. The first kappa shape index (κ1) is 24.8. The van der Waals surface area contributed by atoms with Gasteiger partial charge >= 0.3 is 5.97 Å². The second-order valence-electron chi connectivity index (χ2n) is 10.1. The van der Waals surface area contributed by atoms with Gasteiger partial charge in [0.05, 0.1) is 37.2 Å². The number of esters is 1. The van der Waals surface area contributed by atoms with Crippen LogP contribution < -0.4 is 23.5 Å². The van der Waals surface area contributed by atoms with Crippen LogP contribution in [-0.4, -0.2) is 57.6 Å². The fourth-order valence-corrected chi connectivity index (χ4v) is 5.82. The van der Waals surface area contributed by atoms with Gasteiger partial charge in [0.1, 0.15) is 0 Å². The van der Waals surface area contributed by atoms with Crippen LogP contribution in [0.15, 0.2) is 36.5 Å². The third-order valence-corrected chi connectivity index (χ3v) is 7.87. The number of likely N-dealkylation sites (tertiary alicyclic amines) is 1. The number of rotatable bonds is 8. The number of methoxy groups -OCH3 is 1. The van der Waals surface area contributed by atoms with Crippen molar-refractivity contribution in [2.24, 2.45) is 5.92 Å². The van der Waals surface area contributed by atoms with Crippen LogP contribution in [0.5, 0.6) is 23.0 Å². The maximum absolute atomic E-state index is 12.0. The summed E-state index contributed by atoms with van der Waals surface area (Å²) in [7, 11) is 1.69. The highest BCUT2D eigenvalue weighted by Crippen LogP contribution is 2.41. The van der Waals surface area contributed by atoms with Crippen molar-refractivity contribution in [2.75, 3.05) is 46.8 Å². The van der Waals surface area contributed by atoms with Crippen LogP contribution in [0.4, 0.5) is 0 Å². The average Bonchev–Trinajstić information content (AvgIpc) is 3.41. The van der Waals surface area contributed by atoms with Crippen LogP contribution in [0.2, 0.25) is 0 Å². The molecule has 0 spiro atoms. The number of ether oxygens (including phenoxy) is 5. The first-order chi connectivity index (χ1) is 18.6. The van der Waals surface area contributed by atoms with E-state index < -0.39 is 0 Å². The van der Waals surface area contributed by atoms with Gasteiger partial charge in [0.25, 0.3) is 0 Å². The Kier molecular flexibility index (Phi) is 6.98. The smallest absolute Gasteiger partial charge is 0.309 e. The minimum Gasteiger partial charge on any atom is -0.493 e. The van der Waals surface area contributed by atoms with Crippen molar-refractivity contribution in [1.82, 2.24) is 4.90 Å². The van der Waals surface area contributed by atoms with E-state index in [1.54, 1.807) is 7.11 Å². The molecule has 0 aliphatic carbocycles. The zero-order valence-corrected chi connectivity index (χ0v) is 22.2. The fourth-order valence-electron chi connectivity index (χ4n) is 5.82. The molecule has 1 fully saturated rings. The Morgan fingerprint density at radius 2 is 1.95 bits per heavy atom. The van der Waals surface area contributed by atoms with Gasteiger partial charge in [0.2, 0.25) is 12.5 Å². The van der Waals surface area contributed by atoms with Crippen molar-refractivity contribution < 1.29 is 33.0 Å². The summed E-state index contributed by atoms with van der Waals surface area (Å²) in [5.74, 6) is 3.17. The second kappa shape index (κ2) is 10.7. The van der Waals surface area contributed by atoms with E-state index in [-0.39, 0.29) is 18.7 Å². The van der Waals surface area contributed by atoms with Gasteiger partial charge in [-0.05, 0) is 74.5 Å². The number of fused-ring (bicyclic) bond motifs is 5. The molecule has 0 radical (unpaired) electrons. The van der Waals surface area contributed by atoms with Crippen LogP contribution in [0.25, 0.3) is 22.0 Å². The molecule has 0 saturated carbocycles. The van der Waals surface area contributed by atoms with Crippen molar-refractivity contribution in [2.45, 2.75) is 39.2 Å². The topological polar surface area (TPSA) is 70.3 Å². The van der Waals surface area contributed by atoms with Crippen molar-refractivity contribution in [3.8, 4) is 34.3 Å². The van der Waals surface area contributed by atoms with E-state index in [1.165, 1.54) is 16.8 Å². The summed E-state index contributed by atoms with van der Waals surface area (Å²) in [6.07, 6.45) is 5.76. The number of aryl methyl sites for hydroxylation is 2. The third kappa shape index (κ3) is 4.73. The standard InChI is InChI=1S/C30H35N2O6/c1-3-35-30(33)20-7-11-31(12-8-20)10-4-14-36-29-24-18-32-13-9-22-16-27-28(38-19-37-27)17-23(22)25(32)15-21(24)5-6-26(29)34-2/h5-6,15-18,20H,3-4,7-14,19H2,1-2H3/q+1. The van der Waals surface area contributed by atoms with E-state index >= 15 is 0 Å². The quantitative estimate of drug-likeness (QED) is 0.252. The number of piperidine rings is 1. The Balaban J connectivity index is 1.15. The Morgan fingerprint density at radius 1 is 1.13 bits per heavy atom. The van der Waals surface area contributed by atoms with Crippen LogP contribution in [0, 0.1) is 5.92 Å². The lowest BCUT2D eigenvalue weighted by molar-refractivity contribution is -0.686. The molecule has 0 amide bonds. The van der Waals surface area contributed by atoms with E-state index in [4.69, 9.17) is 23.7 Å². The van der Waals surface area contributed by atoms with E-state index in [0.717, 1.165) is 85.6 Å². The molecule has 3 aromatic rings. The van der Waals surface area contributed by atoms with Gasteiger partial charge in [-0.2, -0.15) is 4.57 Å². The molecule has 2 aromatic carbocycles. The molecule has 0 atom stereocenters. The number of pyridine rings is 1. The average molecular weight is 520 g/mol. The highest BCUT2D eigenvalue weighted by molar-refractivity contribution is 5.91. The molecule has 3 aliphatic rings. The lowest BCUT2D eigenvalue weighted by Crippen LogP contribution is -2.40. The predicted octanol–water partition coefficient (Wildman–Crippen LogP) is 4.13. The molecule has 4 heterocycles. The SMILES string of the molecule is CCOC(=O)C1CCN(CCCOc2c(OC)ccc3cc4[n+](cc23)CCc2cc3c(cc2-4)OCO3)CC1. The van der Waals surface area contributed by atoms with E-state index in [1.807, 2.05) is 13.0 Å². The maximum Gasteiger partial charge on any atom is 0.309 e. The molecular formula is C30H35N2O6+. The van der Waals surface area contributed by atoms with E-state index in [0.29, 0.717) is 13.2 Å². The highest BCUT2D eigenvalue weighted by Gasteiger charge is 2.29. The molecule has 1 aromatic heterocycles. The molecule has 3 aliphatic heterocycles. The van der Waals surface area contributed by atoms with Crippen LogP contribution in [-0.2, 0) is 22.5 Å². The largest absolute Gasteiger partial charge is 0.493 e. The number of hydrogen-bond donors (Lipinski definition) is 0. The zero-order chi connectivity index (χ0) is 26.1. The molecule has 6 rings (SSSR count). The molecule has 200 valence electrons. The van der Waals surface area contributed by atoms with E-state index in [2.05, 4.69) is 39.9 Å². The molecule has 8 heteroatoms. The fraction of sp³-hybridized carbons (Fsp3) is 0.467. The van der Waals surface area contributed by atoms with Gasteiger partial charge in [-0.3, -0.25) is 4.79 Å². The predicted molar refractivity (Wildman–Crippen MR) is 142 cm³/mol. The Bertz CT molecular complexity index is 1350. The summed E-state index contributed by atoms with van der Waals surface area (Å²) in [5.41, 5.74) is 3.64. The van der Waals surface area contributed by atoms with Crippen molar-refractivity contribution in [3.05, 3.63) is 42.1 Å². The van der Waals surface area contributed by atoms with Gasteiger partial charge in [-0.25, -0.2) is 0 Å². The van der Waals surface area contributed by atoms with Crippen LogP contribution >= 0.6 is 0 Å². The summed E-state index contributed by atoms with van der Waals surface area (Å²) < 4.78 is 30.8. The van der Waals surface area contributed by atoms with Gasteiger partial charge in [-0.15, -0.1) is 0 Å². The minimum absolute atomic E-state index is 0.0413. The zero-order valence-electron chi connectivity index (χ0n) is 22.2. The number of benzene rings is 2. The van der Waals surface area contributed by atoms with Gasteiger partial charge < -0.3 is 28.6 Å².